The molecule has 2 aliphatic rings. The Balaban J connectivity index is 1.37. The molecule has 0 spiro atoms. The highest BCUT2D eigenvalue weighted by atomic mass is 32.2. The Morgan fingerprint density at radius 3 is 2.94 bits per heavy atom. The first kappa shape index (κ1) is 20.4. The summed E-state index contributed by atoms with van der Waals surface area (Å²) in [6.07, 6.45) is 5.94. The fraction of sp³-hybridized carbons (Fsp3) is 0.429. The Kier molecular flexibility index (Phi) is 5.17. The van der Waals surface area contributed by atoms with Crippen LogP contribution in [0.2, 0.25) is 0 Å². The molecule has 10 heteroatoms. The molecule has 4 atom stereocenters. The average molecular weight is 444 g/mol. The molecule has 2 aliphatic carbocycles. The van der Waals surface area contributed by atoms with Crippen LogP contribution in [0.4, 0.5) is 5.69 Å². The normalized spacial score (nSPS) is 25.7. The molecule has 1 fully saturated rings. The van der Waals surface area contributed by atoms with Gasteiger partial charge in [-0.15, -0.1) is 0 Å². The van der Waals surface area contributed by atoms with Gasteiger partial charge in [-0.3, -0.25) is 4.18 Å². The van der Waals surface area contributed by atoms with Crippen molar-refractivity contribution in [1.29, 1.82) is 0 Å². The van der Waals surface area contributed by atoms with Crippen molar-refractivity contribution < 1.29 is 17.7 Å². The van der Waals surface area contributed by atoms with Crippen molar-refractivity contribution in [3.63, 3.8) is 0 Å². The Labute approximate surface area is 180 Å². The number of nitrogens with one attached hydrogen (secondary N) is 1. The van der Waals surface area contributed by atoms with Gasteiger partial charge in [0.25, 0.3) is 0 Å². The van der Waals surface area contributed by atoms with Crippen LogP contribution >= 0.6 is 0 Å². The van der Waals surface area contributed by atoms with E-state index in [9.17, 15) is 13.5 Å². The summed E-state index contributed by atoms with van der Waals surface area (Å²) in [7, 11) is -4.03. The van der Waals surface area contributed by atoms with Crippen molar-refractivity contribution >= 4 is 27.0 Å². The zero-order valence-electron chi connectivity index (χ0n) is 16.9. The number of rotatable bonds is 6. The van der Waals surface area contributed by atoms with Gasteiger partial charge in [0.1, 0.15) is 0 Å². The molecule has 3 aromatic rings. The van der Waals surface area contributed by atoms with Gasteiger partial charge in [-0.2, -0.15) is 13.5 Å². The third-order valence-electron chi connectivity index (χ3n) is 6.38. The maximum absolute atomic E-state index is 11.1. The lowest BCUT2D eigenvalue weighted by Gasteiger charge is -2.16. The molecule has 1 saturated carbocycles. The summed E-state index contributed by atoms with van der Waals surface area (Å²) < 4.78 is 28.7. The van der Waals surface area contributed by atoms with Crippen molar-refractivity contribution in [2.24, 2.45) is 11.1 Å². The number of nitrogens with zero attached hydrogens (tertiary/aromatic N) is 3. The standard InChI is InChI=1S/C21H25N5O4S/c22-31(28,29)30-12-14-9-15(10-20(14)27)26-21-17(11-24-26)19(7-8-23-21)25-18-6-5-13-3-1-2-4-16(13)18/h1-4,7-8,11,14-15,18,20,27H,5-6,9-10,12H2,(H,23,25)(H2,22,28,29)/t14-,15+,18-,20-/m0/s1. The topological polar surface area (TPSA) is 132 Å². The van der Waals surface area contributed by atoms with Crippen molar-refractivity contribution in [3.8, 4) is 0 Å². The molecule has 0 radical (unpaired) electrons. The van der Waals surface area contributed by atoms with E-state index in [-0.39, 0.29) is 24.6 Å². The Morgan fingerprint density at radius 2 is 2.10 bits per heavy atom. The van der Waals surface area contributed by atoms with Crippen molar-refractivity contribution in [2.45, 2.75) is 43.9 Å². The highest BCUT2D eigenvalue weighted by Gasteiger charge is 2.36. The summed E-state index contributed by atoms with van der Waals surface area (Å²) >= 11 is 0. The van der Waals surface area contributed by atoms with Gasteiger partial charge in [-0.05, 0) is 42.9 Å². The predicted molar refractivity (Wildman–Crippen MR) is 115 cm³/mol. The Bertz CT molecular complexity index is 1210. The summed E-state index contributed by atoms with van der Waals surface area (Å²) in [4.78, 5) is 4.53. The first-order chi connectivity index (χ1) is 14.9. The Hall–Kier alpha value is -2.53. The molecule has 9 nitrogen and oxygen atoms in total. The van der Waals surface area contributed by atoms with Crippen LogP contribution in [0.3, 0.4) is 0 Å². The number of aromatic nitrogens is 3. The molecule has 31 heavy (non-hydrogen) atoms. The van der Waals surface area contributed by atoms with Crippen LogP contribution in [0.1, 0.15) is 42.5 Å². The van der Waals surface area contributed by atoms with Gasteiger partial charge in [0, 0.05) is 17.8 Å². The maximum atomic E-state index is 11.1. The molecule has 0 aliphatic heterocycles. The van der Waals surface area contributed by atoms with Crippen molar-refractivity contribution in [3.05, 3.63) is 53.9 Å². The Morgan fingerprint density at radius 1 is 1.26 bits per heavy atom. The lowest BCUT2D eigenvalue weighted by Crippen LogP contribution is -2.24. The number of aliphatic hydroxyl groups is 1. The number of hydrogen-bond acceptors (Lipinski definition) is 7. The summed E-state index contributed by atoms with van der Waals surface area (Å²) in [5.74, 6) is -0.334. The van der Waals surface area contributed by atoms with E-state index in [1.165, 1.54) is 11.1 Å². The quantitative estimate of drug-likeness (QED) is 0.531. The minimum atomic E-state index is -4.03. The molecule has 2 heterocycles. The van der Waals surface area contributed by atoms with Crippen molar-refractivity contribution in [1.82, 2.24) is 14.8 Å². The molecule has 5 rings (SSSR count). The number of aliphatic hydroxyl groups excluding tert-OH is 1. The summed E-state index contributed by atoms with van der Waals surface area (Å²) in [5.41, 5.74) is 4.43. The van der Waals surface area contributed by atoms with Gasteiger partial charge in [0.05, 0.1) is 36.4 Å². The molecular formula is C21H25N5O4S. The van der Waals surface area contributed by atoms with Crippen LogP contribution < -0.4 is 10.5 Å². The molecule has 4 N–H and O–H groups in total. The predicted octanol–water partition coefficient (Wildman–Crippen LogP) is 2.06. The van der Waals surface area contributed by atoms with Gasteiger partial charge in [0.2, 0.25) is 0 Å². The van der Waals surface area contributed by atoms with E-state index >= 15 is 0 Å². The number of pyridine rings is 1. The van der Waals surface area contributed by atoms with E-state index in [1.807, 2.05) is 10.7 Å². The number of hydrogen-bond donors (Lipinski definition) is 3. The summed E-state index contributed by atoms with van der Waals surface area (Å²) in [6.45, 7) is -0.142. The number of nitrogens with two attached hydrogens (primary N) is 1. The third kappa shape index (κ3) is 4.03. The van der Waals surface area contributed by atoms with Crippen molar-refractivity contribution in [2.75, 3.05) is 11.9 Å². The second-order valence-electron chi connectivity index (χ2n) is 8.35. The first-order valence-electron chi connectivity index (χ1n) is 10.4. The van der Waals surface area contributed by atoms with E-state index in [0.717, 1.165) is 29.6 Å². The van der Waals surface area contributed by atoms with E-state index < -0.39 is 16.4 Å². The molecule has 0 bridgehead atoms. The number of anilines is 1. The largest absolute Gasteiger partial charge is 0.393 e. The molecule has 1 aromatic carbocycles. The maximum Gasteiger partial charge on any atom is 0.333 e. The van der Waals surface area contributed by atoms with Crippen LogP contribution in [0.5, 0.6) is 0 Å². The highest BCUT2D eigenvalue weighted by molar-refractivity contribution is 7.84. The first-order valence-corrected chi connectivity index (χ1v) is 11.9. The number of benzene rings is 1. The van der Waals surface area contributed by atoms with Gasteiger partial charge >= 0.3 is 10.3 Å². The molecule has 164 valence electrons. The fourth-order valence-corrected chi connectivity index (χ4v) is 5.23. The van der Waals surface area contributed by atoms with Gasteiger partial charge in [-0.1, -0.05) is 24.3 Å². The molecule has 0 saturated heterocycles. The van der Waals surface area contributed by atoms with E-state index in [4.69, 9.17) is 9.32 Å². The summed E-state index contributed by atoms with van der Waals surface area (Å²) in [6, 6.07) is 10.6. The zero-order valence-corrected chi connectivity index (χ0v) is 17.7. The smallest absolute Gasteiger partial charge is 0.333 e. The van der Waals surface area contributed by atoms with E-state index in [0.29, 0.717) is 12.8 Å². The average Bonchev–Trinajstić information content (AvgIpc) is 3.43. The number of aryl methyl sites for hydroxylation is 1. The van der Waals surface area contributed by atoms with Gasteiger partial charge < -0.3 is 10.4 Å². The lowest BCUT2D eigenvalue weighted by molar-refractivity contribution is 0.100. The molecular weight excluding hydrogens is 418 g/mol. The van der Waals surface area contributed by atoms with Gasteiger partial charge in [0.15, 0.2) is 5.65 Å². The van der Waals surface area contributed by atoms with E-state index in [2.05, 4.69) is 39.7 Å². The van der Waals surface area contributed by atoms with Crippen LogP contribution in [0.25, 0.3) is 11.0 Å². The zero-order chi connectivity index (χ0) is 21.6. The number of fused-ring (bicyclic) bond motifs is 2. The molecule has 0 unspecified atom stereocenters. The van der Waals surface area contributed by atoms with Gasteiger partial charge in [-0.25, -0.2) is 14.8 Å². The molecule has 2 aromatic heterocycles. The molecule has 0 amide bonds. The highest BCUT2D eigenvalue weighted by Crippen LogP contribution is 2.38. The second-order valence-corrected chi connectivity index (χ2v) is 9.57. The SMILES string of the molecule is NS(=O)(=O)OC[C@@H]1C[C@@H](n2ncc3c(N[C@H]4CCc5ccccc54)ccnc32)C[C@@H]1O. The second kappa shape index (κ2) is 7.86. The monoisotopic (exact) mass is 443 g/mol. The lowest BCUT2D eigenvalue weighted by atomic mass is 10.1. The van der Waals surface area contributed by atoms with Crippen LogP contribution in [0.15, 0.2) is 42.7 Å². The van der Waals surface area contributed by atoms with E-state index in [1.54, 1.807) is 12.4 Å². The minimum Gasteiger partial charge on any atom is -0.393 e. The van der Waals surface area contributed by atoms with Crippen LogP contribution in [0, 0.1) is 5.92 Å². The minimum absolute atomic E-state index is 0.100. The van der Waals surface area contributed by atoms with Crippen LogP contribution in [-0.4, -0.2) is 41.0 Å². The fourth-order valence-electron chi connectivity index (χ4n) is 4.87. The van der Waals surface area contributed by atoms with Crippen LogP contribution in [-0.2, 0) is 20.9 Å². The summed E-state index contributed by atoms with van der Waals surface area (Å²) in [5, 5.41) is 24.4. The third-order valence-corrected chi connectivity index (χ3v) is 6.85.